The molecule has 1 aromatic carbocycles. The first-order chi connectivity index (χ1) is 13.1. The Labute approximate surface area is 161 Å². The maximum atomic E-state index is 12.1. The molecule has 27 heavy (non-hydrogen) atoms. The summed E-state index contributed by atoms with van der Waals surface area (Å²) in [6.45, 7) is 0.384. The van der Waals surface area contributed by atoms with E-state index in [9.17, 15) is 9.59 Å². The van der Waals surface area contributed by atoms with E-state index in [1.165, 1.54) is 0 Å². The van der Waals surface area contributed by atoms with Crippen molar-refractivity contribution in [2.45, 2.75) is 12.5 Å². The van der Waals surface area contributed by atoms with E-state index in [0.717, 1.165) is 16.5 Å². The number of rotatable bonds is 4. The Morgan fingerprint density at radius 2 is 2.07 bits per heavy atom. The number of carbonyl (C=O) groups excluding carboxylic acids is 2. The summed E-state index contributed by atoms with van der Waals surface area (Å²) in [6.07, 6.45) is 10.3. The summed E-state index contributed by atoms with van der Waals surface area (Å²) in [4.78, 5) is 27.2. The molecule has 1 aromatic heterocycles. The molecule has 7 heteroatoms. The summed E-state index contributed by atoms with van der Waals surface area (Å²) >= 11 is 6.08. The second kappa shape index (κ2) is 7.32. The van der Waals surface area contributed by atoms with E-state index in [1.54, 1.807) is 6.07 Å². The molecule has 0 radical (unpaired) electrons. The highest BCUT2D eigenvalue weighted by atomic mass is 35.5. The zero-order chi connectivity index (χ0) is 18.8. The Morgan fingerprint density at radius 3 is 2.96 bits per heavy atom. The number of amides is 2. The largest absolute Gasteiger partial charge is 0.384 e. The number of benzene rings is 1. The molecule has 2 aliphatic rings. The molecule has 0 bridgehead atoms. The Bertz CT molecular complexity index is 989. The number of aromatic amines is 1. The van der Waals surface area contributed by atoms with Gasteiger partial charge in [0, 0.05) is 40.3 Å². The highest BCUT2D eigenvalue weighted by Crippen LogP contribution is 2.31. The summed E-state index contributed by atoms with van der Waals surface area (Å²) in [7, 11) is 0. The van der Waals surface area contributed by atoms with Crippen LogP contribution in [0.15, 0.2) is 65.5 Å². The summed E-state index contributed by atoms with van der Waals surface area (Å²) in [5, 5.41) is 10.3. The Balaban J connectivity index is 1.28. The molecule has 2 atom stereocenters. The van der Waals surface area contributed by atoms with Gasteiger partial charge in [0.1, 0.15) is 0 Å². The highest BCUT2D eigenvalue weighted by molar-refractivity contribution is 6.39. The second-order valence-corrected chi connectivity index (χ2v) is 7.02. The first kappa shape index (κ1) is 17.4. The van der Waals surface area contributed by atoms with Crippen LogP contribution in [0.2, 0.25) is 0 Å². The van der Waals surface area contributed by atoms with Gasteiger partial charge in [-0.25, -0.2) is 0 Å². The third-order valence-corrected chi connectivity index (χ3v) is 5.05. The lowest BCUT2D eigenvalue weighted by Crippen LogP contribution is -2.36. The molecule has 0 spiro atoms. The van der Waals surface area contributed by atoms with Gasteiger partial charge in [-0.1, -0.05) is 23.8 Å². The number of carbonyl (C=O) groups is 2. The van der Waals surface area contributed by atoms with Crippen LogP contribution in [0.5, 0.6) is 0 Å². The van der Waals surface area contributed by atoms with Crippen molar-refractivity contribution in [3.05, 3.63) is 65.5 Å². The van der Waals surface area contributed by atoms with E-state index < -0.39 is 11.8 Å². The van der Waals surface area contributed by atoms with E-state index >= 15 is 0 Å². The summed E-state index contributed by atoms with van der Waals surface area (Å²) < 4.78 is 0. The summed E-state index contributed by atoms with van der Waals surface area (Å²) in [6, 6.07) is 7.55. The maximum absolute atomic E-state index is 12.1. The Kier molecular flexibility index (Phi) is 4.73. The van der Waals surface area contributed by atoms with Crippen LogP contribution < -0.4 is 16.0 Å². The van der Waals surface area contributed by atoms with Crippen LogP contribution in [-0.4, -0.2) is 29.4 Å². The summed E-state index contributed by atoms with van der Waals surface area (Å²) in [5.41, 5.74) is 2.71. The minimum absolute atomic E-state index is 0.196. The fourth-order valence-electron chi connectivity index (χ4n) is 3.40. The van der Waals surface area contributed by atoms with Gasteiger partial charge >= 0.3 is 11.8 Å². The van der Waals surface area contributed by atoms with Crippen LogP contribution >= 0.6 is 11.6 Å². The monoisotopic (exact) mass is 382 g/mol. The zero-order valence-corrected chi connectivity index (χ0v) is 15.2. The lowest BCUT2D eigenvalue weighted by molar-refractivity contribution is -0.136. The molecular weight excluding hydrogens is 364 g/mol. The van der Waals surface area contributed by atoms with Gasteiger partial charge in [-0.15, -0.1) is 0 Å². The molecule has 0 unspecified atom stereocenters. The van der Waals surface area contributed by atoms with Crippen LogP contribution in [0.4, 0.5) is 5.69 Å². The van der Waals surface area contributed by atoms with Crippen molar-refractivity contribution in [3.63, 3.8) is 0 Å². The molecule has 0 fully saturated rings. The van der Waals surface area contributed by atoms with Gasteiger partial charge < -0.3 is 20.9 Å². The predicted octanol–water partition coefficient (Wildman–Crippen LogP) is 2.78. The smallest absolute Gasteiger partial charge is 0.313 e. The molecule has 4 N–H and O–H groups in total. The number of anilines is 1. The van der Waals surface area contributed by atoms with Gasteiger partial charge in [0.25, 0.3) is 0 Å². The average Bonchev–Trinajstić information content (AvgIpc) is 3.28. The van der Waals surface area contributed by atoms with Crippen LogP contribution in [0.3, 0.4) is 0 Å². The van der Waals surface area contributed by atoms with E-state index in [0.29, 0.717) is 23.7 Å². The minimum atomic E-state index is -0.676. The molecule has 0 saturated carbocycles. The highest BCUT2D eigenvalue weighted by Gasteiger charge is 2.28. The molecule has 6 nitrogen and oxygen atoms in total. The van der Waals surface area contributed by atoms with Crippen molar-refractivity contribution >= 4 is 40.0 Å². The number of aromatic nitrogens is 1. The lowest BCUT2D eigenvalue weighted by atomic mass is 9.90. The molecule has 138 valence electrons. The average molecular weight is 383 g/mol. The van der Waals surface area contributed by atoms with Gasteiger partial charge in [0.05, 0.1) is 6.04 Å². The SMILES string of the molecule is O=C(NCCC1=CN[C@@H]2C=CC(Cl)=C[C@H]12)C(=O)Nc1ccc2[nH]ccc2c1. The van der Waals surface area contributed by atoms with Crippen LogP contribution in [0.1, 0.15) is 6.42 Å². The van der Waals surface area contributed by atoms with E-state index in [2.05, 4.69) is 20.9 Å². The van der Waals surface area contributed by atoms with Gasteiger partial charge in [-0.3, -0.25) is 9.59 Å². The molecular formula is C20H19ClN4O2. The number of allylic oxidation sites excluding steroid dienone is 2. The fraction of sp³-hybridized carbons (Fsp3) is 0.200. The van der Waals surface area contributed by atoms with Gasteiger partial charge in [-0.05, 0) is 48.5 Å². The second-order valence-electron chi connectivity index (χ2n) is 6.59. The maximum Gasteiger partial charge on any atom is 0.313 e. The van der Waals surface area contributed by atoms with Crippen molar-refractivity contribution in [2.24, 2.45) is 5.92 Å². The molecule has 2 amide bonds. The van der Waals surface area contributed by atoms with Crippen molar-refractivity contribution in [3.8, 4) is 0 Å². The topological polar surface area (TPSA) is 86.0 Å². The van der Waals surface area contributed by atoms with Gasteiger partial charge in [0.2, 0.25) is 0 Å². The number of halogens is 1. The normalized spacial score (nSPS) is 20.5. The van der Waals surface area contributed by atoms with Crippen molar-refractivity contribution in [2.75, 3.05) is 11.9 Å². The van der Waals surface area contributed by atoms with E-state index in [1.807, 2.05) is 48.8 Å². The molecule has 1 aliphatic carbocycles. The number of hydrogen-bond acceptors (Lipinski definition) is 3. The van der Waals surface area contributed by atoms with Crippen molar-refractivity contribution in [1.82, 2.24) is 15.6 Å². The molecule has 4 rings (SSSR count). The predicted molar refractivity (Wildman–Crippen MR) is 106 cm³/mol. The quantitative estimate of drug-likeness (QED) is 0.613. The third kappa shape index (κ3) is 3.75. The Morgan fingerprint density at radius 1 is 1.19 bits per heavy atom. The van der Waals surface area contributed by atoms with Crippen molar-refractivity contribution < 1.29 is 9.59 Å². The fourth-order valence-corrected chi connectivity index (χ4v) is 3.61. The minimum Gasteiger partial charge on any atom is -0.384 e. The molecule has 1 aliphatic heterocycles. The van der Waals surface area contributed by atoms with Crippen LogP contribution in [-0.2, 0) is 9.59 Å². The van der Waals surface area contributed by atoms with E-state index in [-0.39, 0.29) is 12.0 Å². The van der Waals surface area contributed by atoms with Gasteiger partial charge in [0.15, 0.2) is 0 Å². The number of nitrogens with one attached hydrogen (secondary N) is 4. The number of H-pyrrole nitrogens is 1. The molecule has 2 aromatic rings. The number of fused-ring (bicyclic) bond motifs is 2. The number of hydrogen-bond donors (Lipinski definition) is 4. The third-order valence-electron chi connectivity index (χ3n) is 4.79. The van der Waals surface area contributed by atoms with Gasteiger partial charge in [-0.2, -0.15) is 0 Å². The Hall–Kier alpha value is -2.99. The van der Waals surface area contributed by atoms with Crippen LogP contribution in [0.25, 0.3) is 10.9 Å². The first-order valence-corrected chi connectivity index (χ1v) is 9.15. The molecule has 2 heterocycles. The zero-order valence-electron chi connectivity index (χ0n) is 14.5. The molecule has 0 saturated heterocycles. The summed E-state index contributed by atoms with van der Waals surface area (Å²) in [5.74, 6) is -1.13. The standard InChI is InChI=1S/C20H19ClN4O2/c21-14-1-3-18-16(10-14)13(11-24-18)6-8-23-19(26)20(27)25-15-2-4-17-12(9-15)5-7-22-17/h1-5,7,9-11,16,18,22,24H,6,8H2,(H,23,26)(H,25,27)/t16-,18-/m1/s1. The lowest BCUT2D eigenvalue weighted by Gasteiger charge is -2.20. The van der Waals surface area contributed by atoms with Crippen LogP contribution in [0, 0.1) is 5.92 Å². The first-order valence-electron chi connectivity index (χ1n) is 8.77. The van der Waals surface area contributed by atoms with E-state index in [4.69, 9.17) is 11.6 Å². The van der Waals surface area contributed by atoms with Crippen molar-refractivity contribution in [1.29, 1.82) is 0 Å².